The van der Waals surface area contributed by atoms with Gasteiger partial charge in [-0.3, -0.25) is 9.48 Å². The minimum absolute atomic E-state index is 0.0385. The van der Waals surface area contributed by atoms with Crippen LogP contribution < -0.4 is 4.72 Å². The Kier molecular flexibility index (Phi) is 4.24. The van der Waals surface area contributed by atoms with Gasteiger partial charge < -0.3 is 5.11 Å². The second-order valence-corrected chi connectivity index (χ2v) is 5.57. The van der Waals surface area contributed by atoms with Crippen molar-refractivity contribution >= 4 is 16.0 Å². The molecule has 0 aromatic carbocycles. The van der Waals surface area contributed by atoms with Crippen LogP contribution in [0.2, 0.25) is 0 Å². The normalized spacial score (nSPS) is 11.9. The topological polar surface area (TPSA) is 101 Å². The molecular weight excluding hydrogens is 246 g/mol. The van der Waals surface area contributed by atoms with Crippen molar-refractivity contribution in [3.05, 3.63) is 12.4 Å². The summed E-state index contributed by atoms with van der Waals surface area (Å²) in [6.07, 6.45) is 2.42. The van der Waals surface area contributed by atoms with Crippen molar-refractivity contribution in [2.75, 3.05) is 0 Å². The zero-order chi connectivity index (χ0) is 13.1. The highest BCUT2D eigenvalue weighted by Crippen LogP contribution is 2.07. The van der Waals surface area contributed by atoms with Gasteiger partial charge in [0.15, 0.2) is 0 Å². The molecule has 1 aromatic heterocycles. The molecule has 0 aliphatic carbocycles. The van der Waals surface area contributed by atoms with E-state index in [1.807, 2.05) is 0 Å². The Morgan fingerprint density at radius 3 is 2.76 bits per heavy atom. The molecule has 0 amide bonds. The summed E-state index contributed by atoms with van der Waals surface area (Å²) >= 11 is 0. The number of hydrogen-bond donors (Lipinski definition) is 2. The van der Waals surface area contributed by atoms with Crippen molar-refractivity contribution in [1.29, 1.82) is 0 Å². The van der Waals surface area contributed by atoms with Crippen LogP contribution in [0.5, 0.6) is 0 Å². The van der Waals surface area contributed by atoms with E-state index < -0.39 is 16.0 Å². The number of aromatic nitrogens is 2. The van der Waals surface area contributed by atoms with Gasteiger partial charge in [-0.2, -0.15) is 5.10 Å². The first-order chi connectivity index (χ1) is 7.81. The van der Waals surface area contributed by atoms with E-state index in [0.29, 0.717) is 0 Å². The second-order valence-electron chi connectivity index (χ2n) is 3.86. The number of nitrogens with zero attached hydrogens (tertiary/aromatic N) is 2. The average Bonchev–Trinajstić information content (AvgIpc) is 2.61. The monoisotopic (exact) mass is 261 g/mol. The van der Waals surface area contributed by atoms with Crippen molar-refractivity contribution in [1.82, 2.24) is 14.5 Å². The van der Waals surface area contributed by atoms with Gasteiger partial charge in [0.05, 0.1) is 19.2 Å². The first kappa shape index (κ1) is 13.7. The summed E-state index contributed by atoms with van der Waals surface area (Å²) in [6.45, 7) is 3.57. The summed E-state index contributed by atoms with van der Waals surface area (Å²) in [6, 6.07) is -0.206. The smallest absolute Gasteiger partial charge is 0.305 e. The van der Waals surface area contributed by atoms with Crippen molar-refractivity contribution < 1.29 is 18.3 Å². The summed E-state index contributed by atoms with van der Waals surface area (Å²) in [5.74, 6) is -0.954. The number of sulfonamides is 1. The Morgan fingerprint density at radius 2 is 2.24 bits per heavy atom. The number of carboxylic acid groups (broad SMARTS) is 1. The van der Waals surface area contributed by atoms with E-state index in [1.54, 1.807) is 13.8 Å². The molecule has 0 unspecified atom stereocenters. The number of aryl methyl sites for hydroxylation is 1. The summed E-state index contributed by atoms with van der Waals surface area (Å²) in [5.41, 5.74) is 0. The van der Waals surface area contributed by atoms with Gasteiger partial charge in [0.2, 0.25) is 10.0 Å². The van der Waals surface area contributed by atoms with Crippen LogP contribution in [0.15, 0.2) is 17.3 Å². The molecule has 2 N–H and O–H groups in total. The predicted octanol–water partition coefficient (Wildman–Crippen LogP) is 0.0445. The minimum atomic E-state index is -3.56. The molecular formula is C9H15N3O4S. The van der Waals surface area contributed by atoms with Gasteiger partial charge in [-0.25, -0.2) is 13.1 Å². The number of hydrogen-bond acceptors (Lipinski definition) is 4. The molecule has 0 saturated heterocycles. The van der Waals surface area contributed by atoms with Crippen LogP contribution in [0, 0.1) is 0 Å². The van der Waals surface area contributed by atoms with Crippen molar-refractivity contribution in [3.8, 4) is 0 Å². The van der Waals surface area contributed by atoms with Gasteiger partial charge in [-0.15, -0.1) is 0 Å². The lowest BCUT2D eigenvalue weighted by atomic mass is 10.4. The van der Waals surface area contributed by atoms with Gasteiger partial charge >= 0.3 is 5.97 Å². The molecule has 0 radical (unpaired) electrons. The van der Waals surface area contributed by atoms with Crippen LogP contribution in [-0.2, 0) is 21.4 Å². The molecule has 0 saturated carbocycles. The zero-order valence-electron chi connectivity index (χ0n) is 9.62. The highest BCUT2D eigenvalue weighted by molar-refractivity contribution is 7.89. The molecule has 0 aliphatic rings. The largest absolute Gasteiger partial charge is 0.481 e. The standard InChI is InChI=1S/C9H15N3O4S/c1-7(2)11-17(15,16)8-5-10-12(6-8)4-3-9(13)14/h5-7,11H,3-4H2,1-2H3,(H,13,14). The van der Waals surface area contributed by atoms with Crippen LogP contribution in [0.25, 0.3) is 0 Å². The number of nitrogens with one attached hydrogen (secondary N) is 1. The van der Waals surface area contributed by atoms with E-state index in [1.165, 1.54) is 17.1 Å². The lowest BCUT2D eigenvalue weighted by molar-refractivity contribution is -0.137. The Hall–Kier alpha value is -1.41. The molecule has 1 aromatic rings. The summed E-state index contributed by atoms with van der Waals surface area (Å²) in [7, 11) is -3.56. The third-order valence-corrected chi connectivity index (χ3v) is 3.48. The van der Waals surface area contributed by atoms with Gasteiger partial charge in [-0.05, 0) is 13.8 Å². The molecule has 1 rings (SSSR count). The third-order valence-electron chi connectivity index (χ3n) is 1.87. The highest BCUT2D eigenvalue weighted by atomic mass is 32.2. The fraction of sp³-hybridized carbons (Fsp3) is 0.556. The SMILES string of the molecule is CC(C)NS(=O)(=O)c1cnn(CCC(=O)O)c1. The Bertz CT molecular complexity index is 492. The molecule has 7 nitrogen and oxygen atoms in total. The van der Waals surface area contributed by atoms with E-state index in [2.05, 4.69) is 9.82 Å². The lowest BCUT2D eigenvalue weighted by Crippen LogP contribution is -2.29. The average molecular weight is 261 g/mol. The maximum absolute atomic E-state index is 11.7. The van der Waals surface area contributed by atoms with Gasteiger partial charge in [0.25, 0.3) is 0 Å². The number of rotatable bonds is 6. The Balaban J connectivity index is 2.77. The summed E-state index contributed by atoms with van der Waals surface area (Å²) in [4.78, 5) is 10.4. The molecule has 0 bridgehead atoms. The zero-order valence-corrected chi connectivity index (χ0v) is 10.4. The lowest BCUT2D eigenvalue weighted by Gasteiger charge is -2.06. The summed E-state index contributed by atoms with van der Waals surface area (Å²) < 4.78 is 27.1. The first-order valence-electron chi connectivity index (χ1n) is 5.08. The van der Waals surface area contributed by atoms with Gasteiger partial charge in [0, 0.05) is 12.2 Å². The maximum Gasteiger partial charge on any atom is 0.305 e. The van der Waals surface area contributed by atoms with Gasteiger partial charge in [0.1, 0.15) is 4.90 Å². The molecule has 1 heterocycles. The predicted molar refractivity (Wildman–Crippen MR) is 59.9 cm³/mol. The van der Waals surface area contributed by atoms with E-state index in [0.717, 1.165) is 0 Å². The van der Waals surface area contributed by atoms with Crippen LogP contribution in [0.4, 0.5) is 0 Å². The maximum atomic E-state index is 11.7. The van der Waals surface area contributed by atoms with Crippen LogP contribution in [0.3, 0.4) is 0 Å². The highest BCUT2D eigenvalue weighted by Gasteiger charge is 2.17. The fourth-order valence-electron chi connectivity index (χ4n) is 1.19. The van der Waals surface area contributed by atoms with Crippen molar-refractivity contribution in [2.45, 2.75) is 37.8 Å². The van der Waals surface area contributed by atoms with Crippen LogP contribution >= 0.6 is 0 Å². The van der Waals surface area contributed by atoms with Crippen LogP contribution in [-0.4, -0.2) is 35.3 Å². The van der Waals surface area contributed by atoms with E-state index in [-0.39, 0.29) is 23.9 Å². The quantitative estimate of drug-likeness (QED) is 0.753. The second kappa shape index (κ2) is 5.28. The molecule has 0 spiro atoms. The Labute approximate surface area is 99.5 Å². The molecule has 0 atom stereocenters. The summed E-state index contributed by atoms with van der Waals surface area (Å²) in [5, 5.41) is 12.3. The molecule has 8 heteroatoms. The molecule has 96 valence electrons. The number of carbonyl (C=O) groups is 1. The number of carboxylic acids is 1. The van der Waals surface area contributed by atoms with E-state index >= 15 is 0 Å². The minimum Gasteiger partial charge on any atom is -0.481 e. The van der Waals surface area contributed by atoms with Gasteiger partial charge in [-0.1, -0.05) is 0 Å². The van der Waals surface area contributed by atoms with Crippen molar-refractivity contribution in [2.24, 2.45) is 0 Å². The van der Waals surface area contributed by atoms with E-state index in [4.69, 9.17) is 5.11 Å². The Morgan fingerprint density at radius 1 is 1.59 bits per heavy atom. The third kappa shape index (κ3) is 4.16. The molecule has 0 fully saturated rings. The van der Waals surface area contributed by atoms with Crippen molar-refractivity contribution in [3.63, 3.8) is 0 Å². The first-order valence-corrected chi connectivity index (χ1v) is 6.56. The fourth-order valence-corrected chi connectivity index (χ4v) is 2.40. The number of aliphatic carboxylic acids is 1. The van der Waals surface area contributed by atoms with Crippen LogP contribution in [0.1, 0.15) is 20.3 Å². The van der Waals surface area contributed by atoms with E-state index in [9.17, 15) is 13.2 Å². The molecule has 0 aliphatic heterocycles. The molecule has 17 heavy (non-hydrogen) atoms.